The van der Waals surface area contributed by atoms with Gasteiger partial charge in [-0.25, -0.2) is 0 Å². The quantitative estimate of drug-likeness (QED) is 0.450. The topological polar surface area (TPSA) is 89.6 Å². The van der Waals surface area contributed by atoms with Crippen LogP contribution in [-0.2, 0) is 10.0 Å². The molecular weight excluding hydrogens is 312 g/mol. The van der Waals surface area contributed by atoms with Crippen LogP contribution >= 0.6 is 12.2 Å². The summed E-state index contributed by atoms with van der Waals surface area (Å²) in [5.74, 6) is 0. The normalized spacial score (nSPS) is 19.0. The van der Waals surface area contributed by atoms with Gasteiger partial charge in [-0.15, -0.1) is 0 Å². The predicted molar refractivity (Wildman–Crippen MR) is 82.0 cm³/mol. The predicted octanol–water partition coefficient (Wildman–Crippen LogP) is 2.45. The largest absolute Gasteiger partial charge is 0.282 e. The summed E-state index contributed by atoms with van der Waals surface area (Å²) in [6.45, 7) is 0. The van der Waals surface area contributed by atoms with Crippen LogP contribution in [-0.4, -0.2) is 24.4 Å². The Morgan fingerprint density at radius 2 is 2.10 bits per heavy atom. The Hall–Kier alpha value is -2.19. The number of benzene rings is 1. The van der Waals surface area contributed by atoms with Crippen LogP contribution in [0.5, 0.6) is 0 Å². The molecule has 0 aromatic heterocycles. The van der Waals surface area contributed by atoms with Crippen molar-refractivity contribution in [2.75, 3.05) is 0 Å². The van der Waals surface area contributed by atoms with Crippen LogP contribution in [0.4, 0.5) is 5.69 Å². The summed E-state index contributed by atoms with van der Waals surface area (Å²) >= 11 is 5.29. The van der Waals surface area contributed by atoms with Gasteiger partial charge in [-0.05, 0) is 6.07 Å². The second kappa shape index (κ2) is 4.68. The molecule has 21 heavy (non-hydrogen) atoms. The fourth-order valence-corrected chi connectivity index (χ4v) is 3.66. The van der Waals surface area contributed by atoms with E-state index < -0.39 is 14.9 Å². The molecule has 0 atom stereocenters. The van der Waals surface area contributed by atoms with Crippen molar-refractivity contribution in [3.63, 3.8) is 0 Å². The van der Waals surface area contributed by atoms with Crippen molar-refractivity contribution in [2.24, 2.45) is 4.40 Å². The molecule has 6 nitrogen and oxygen atoms in total. The van der Waals surface area contributed by atoms with Crippen molar-refractivity contribution in [3.8, 4) is 0 Å². The van der Waals surface area contributed by atoms with Crippen LogP contribution in [0.3, 0.4) is 0 Å². The number of allylic oxidation sites excluding steroid dienone is 4. The molecule has 0 spiro atoms. The maximum absolute atomic E-state index is 12.2. The molecule has 0 N–H and O–H groups in total. The molecule has 0 unspecified atom stereocenters. The van der Waals surface area contributed by atoms with Crippen molar-refractivity contribution in [1.82, 2.24) is 0 Å². The van der Waals surface area contributed by atoms with Gasteiger partial charge in [0.1, 0.15) is 0 Å². The molecular formula is C13H8N2O4S2. The van der Waals surface area contributed by atoms with Crippen molar-refractivity contribution < 1.29 is 13.3 Å². The molecule has 0 radical (unpaired) electrons. The number of nitrogens with zero attached hydrogens (tertiary/aromatic N) is 2. The lowest BCUT2D eigenvalue weighted by Gasteiger charge is -2.15. The summed E-state index contributed by atoms with van der Waals surface area (Å²) in [7, 11) is -3.89. The van der Waals surface area contributed by atoms with E-state index in [2.05, 4.69) is 4.40 Å². The van der Waals surface area contributed by atoms with E-state index >= 15 is 0 Å². The van der Waals surface area contributed by atoms with Crippen LogP contribution in [0, 0.1) is 10.1 Å². The first kappa shape index (κ1) is 13.8. The molecule has 0 fully saturated rings. The number of nitro groups is 1. The zero-order chi connectivity index (χ0) is 15.2. The van der Waals surface area contributed by atoms with Gasteiger partial charge in [0.25, 0.3) is 15.7 Å². The number of hydrogen-bond acceptors (Lipinski definition) is 5. The third kappa shape index (κ3) is 2.22. The first-order valence-electron chi connectivity index (χ1n) is 5.93. The Morgan fingerprint density at radius 3 is 2.81 bits per heavy atom. The summed E-state index contributed by atoms with van der Waals surface area (Å²) in [6, 6.07) is 3.60. The molecule has 0 saturated carbocycles. The van der Waals surface area contributed by atoms with Gasteiger partial charge < -0.3 is 0 Å². The van der Waals surface area contributed by atoms with Gasteiger partial charge in [0.05, 0.1) is 9.82 Å². The van der Waals surface area contributed by atoms with E-state index in [-0.39, 0.29) is 16.1 Å². The van der Waals surface area contributed by atoms with E-state index in [1.165, 1.54) is 18.3 Å². The number of thiocarbonyl (C=S) groups is 1. The molecule has 2 aliphatic rings. The molecule has 0 bridgehead atoms. The van der Waals surface area contributed by atoms with E-state index in [4.69, 9.17) is 12.2 Å². The second-order valence-corrected chi connectivity index (χ2v) is 6.60. The minimum absolute atomic E-state index is 0.0630. The lowest BCUT2D eigenvalue weighted by Crippen LogP contribution is -2.08. The molecule has 1 aliphatic carbocycles. The minimum atomic E-state index is -3.89. The van der Waals surface area contributed by atoms with Crippen molar-refractivity contribution in [2.45, 2.75) is 11.3 Å². The number of rotatable bonds is 1. The van der Waals surface area contributed by atoms with E-state index in [1.807, 2.05) is 6.08 Å². The Balaban J connectivity index is 2.40. The zero-order valence-electron chi connectivity index (χ0n) is 10.5. The van der Waals surface area contributed by atoms with Gasteiger partial charge in [0, 0.05) is 46.3 Å². The molecule has 0 saturated heterocycles. The highest BCUT2D eigenvalue weighted by molar-refractivity contribution is 7.90. The zero-order valence-corrected chi connectivity index (χ0v) is 12.1. The van der Waals surface area contributed by atoms with Crippen molar-refractivity contribution in [3.05, 3.63) is 51.6 Å². The average molecular weight is 320 g/mol. The Morgan fingerprint density at radius 1 is 1.33 bits per heavy atom. The molecule has 1 heterocycles. The van der Waals surface area contributed by atoms with E-state index in [0.717, 1.165) is 6.07 Å². The average Bonchev–Trinajstić information content (AvgIpc) is 2.55. The lowest BCUT2D eigenvalue weighted by molar-refractivity contribution is -0.384. The standard InChI is InChI=1S/C13H8N2O4S2/c16-15(17)9-4-5-12-10(6-9)13-8(2-1-3-11(13)20)7-14-21(12,18)19/h1-2,4-7H,3H2. The Labute approximate surface area is 125 Å². The van der Waals surface area contributed by atoms with Crippen LogP contribution in [0.25, 0.3) is 5.57 Å². The molecule has 8 heteroatoms. The van der Waals surface area contributed by atoms with Gasteiger partial charge in [-0.2, -0.15) is 12.8 Å². The molecule has 3 rings (SSSR count). The van der Waals surface area contributed by atoms with Crippen LogP contribution in [0.1, 0.15) is 12.0 Å². The van der Waals surface area contributed by atoms with E-state index in [9.17, 15) is 18.5 Å². The first-order chi connectivity index (χ1) is 9.90. The van der Waals surface area contributed by atoms with E-state index in [1.54, 1.807) is 6.08 Å². The highest BCUT2D eigenvalue weighted by Crippen LogP contribution is 2.36. The summed E-state index contributed by atoms with van der Waals surface area (Å²) in [5.41, 5.74) is 1.13. The molecule has 1 aromatic rings. The summed E-state index contributed by atoms with van der Waals surface area (Å²) in [5, 5.41) is 10.9. The van der Waals surface area contributed by atoms with Gasteiger partial charge >= 0.3 is 0 Å². The number of hydrogen-bond donors (Lipinski definition) is 0. The SMILES string of the molecule is O=[N+]([O-])c1ccc2c(c1)C1=C(C=CCC1=S)C=NS2(=O)=O. The van der Waals surface area contributed by atoms with Gasteiger partial charge in [-0.1, -0.05) is 24.4 Å². The monoisotopic (exact) mass is 320 g/mol. The van der Waals surface area contributed by atoms with Crippen LogP contribution < -0.4 is 0 Å². The van der Waals surface area contributed by atoms with Crippen LogP contribution in [0.2, 0.25) is 0 Å². The smallest absolute Gasteiger partial charge is 0.258 e. The van der Waals surface area contributed by atoms with Crippen LogP contribution in [0.15, 0.2) is 45.2 Å². The molecule has 1 aliphatic heterocycles. The number of sulfonamides is 1. The summed E-state index contributed by atoms with van der Waals surface area (Å²) in [4.78, 5) is 10.8. The number of nitro benzene ring substituents is 1. The third-order valence-electron chi connectivity index (χ3n) is 3.22. The maximum Gasteiger partial charge on any atom is 0.282 e. The first-order valence-corrected chi connectivity index (χ1v) is 7.78. The van der Waals surface area contributed by atoms with Gasteiger partial charge in [-0.3, -0.25) is 10.1 Å². The van der Waals surface area contributed by atoms with Crippen molar-refractivity contribution >= 4 is 44.6 Å². The lowest BCUT2D eigenvalue weighted by atomic mass is 9.91. The summed E-state index contributed by atoms with van der Waals surface area (Å²) in [6.07, 6.45) is 5.25. The number of fused-ring (bicyclic) bond motifs is 2. The highest BCUT2D eigenvalue weighted by Gasteiger charge is 2.28. The maximum atomic E-state index is 12.2. The fraction of sp³-hybridized carbons (Fsp3) is 0.0769. The molecule has 1 aromatic carbocycles. The minimum Gasteiger partial charge on any atom is -0.258 e. The number of non-ortho nitro benzene ring substituents is 1. The Kier molecular flexibility index (Phi) is 3.07. The Bertz CT molecular complexity index is 879. The third-order valence-corrected chi connectivity index (χ3v) is 4.89. The van der Waals surface area contributed by atoms with Gasteiger partial charge in [0.15, 0.2) is 0 Å². The fourth-order valence-electron chi connectivity index (χ4n) is 2.29. The molecule has 0 amide bonds. The second-order valence-electron chi connectivity index (χ2n) is 4.51. The molecule has 106 valence electrons. The van der Waals surface area contributed by atoms with E-state index in [0.29, 0.717) is 22.4 Å². The summed E-state index contributed by atoms with van der Waals surface area (Å²) < 4.78 is 27.9. The highest BCUT2D eigenvalue weighted by atomic mass is 32.2. The van der Waals surface area contributed by atoms with Gasteiger partial charge in [0.2, 0.25) is 0 Å². The van der Waals surface area contributed by atoms with Crippen molar-refractivity contribution in [1.29, 1.82) is 0 Å².